The van der Waals surface area contributed by atoms with E-state index in [0.29, 0.717) is 11.3 Å². The number of aliphatic hydroxyl groups excluding tert-OH is 1. The highest BCUT2D eigenvalue weighted by Crippen LogP contribution is 2.28. The Labute approximate surface area is 137 Å². The van der Waals surface area contributed by atoms with Gasteiger partial charge in [-0.05, 0) is 47.5 Å². The molecule has 3 aromatic rings. The van der Waals surface area contributed by atoms with Crippen molar-refractivity contribution in [1.82, 2.24) is 5.32 Å². The van der Waals surface area contributed by atoms with Gasteiger partial charge in [0.15, 0.2) is 5.76 Å². The van der Waals surface area contributed by atoms with Crippen molar-refractivity contribution < 1.29 is 19.1 Å². The first-order chi connectivity index (χ1) is 11.1. The van der Waals surface area contributed by atoms with Crippen LogP contribution in [0.4, 0.5) is 0 Å². The molecule has 3 rings (SSSR count). The molecule has 0 spiro atoms. The van der Waals surface area contributed by atoms with Gasteiger partial charge in [-0.1, -0.05) is 0 Å². The van der Waals surface area contributed by atoms with Crippen molar-refractivity contribution in [3.8, 4) is 5.75 Å². The van der Waals surface area contributed by atoms with E-state index in [0.717, 1.165) is 16.5 Å². The van der Waals surface area contributed by atoms with Gasteiger partial charge in [-0.2, -0.15) is 11.3 Å². The number of hydrogen-bond donors (Lipinski definition) is 2. The Balaban J connectivity index is 1.77. The van der Waals surface area contributed by atoms with Gasteiger partial charge < -0.3 is 19.6 Å². The quantitative estimate of drug-likeness (QED) is 0.753. The molecule has 1 atom stereocenters. The number of rotatable bonds is 5. The SMILES string of the molecule is COc1ccc2oc(C(=O)NCC(O)c3ccsc3)c(C)c2c1. The first kappa shape index (κ1) is 15.6. The van der Waals surface area contributed by atoms with Gasteiger partial charge in [-0.25, -0.2) is 0 Å². The highest BCUT2D eigenvalue weighted by molar-refractivity contribution is 7.07. The third-order valence-corrected chi connectivity index (χ3v) is 4.43. The largest absolute Gasteiger partial charge is 0.497 e. The van der Waals surface area contributed by atoms with Crippen LogP contribution < -0.4 is 10.1 Å². The van der Waals surface area contributed by atoms with Crippen LogP contribution in [0.15, 0.2) is 39.4 Å². The highest BCUT2D eigenvalue weighted by atomic mass is 32.1. The van der Waals surface area contributed by atoms with Crippen LogP contribution in [0.25, 0.3) is 11.0 Å². The number of benzene rings is 1. The lowest BCUT2D eigenvalue weighted by atomic mass is 10.1. The summed E-state index contributed by atoms with van der Waals surface area (Å²) in [5, 5.41) is 17.3. The van der Waals surface area contributed by atoms with E-state index in [9.17, 15) is 9.90 Å². The molecular weight excluding hydrogens is 314 g/mol. The van der Waals surface area contributed by atoms with Crippen LogP contribution in [0.2, 0.25) is 0 Å². The van der Waals surface area contributed by atoms with Crippen LogP contribution in [0.3, 0.4) is 0 Å². The molecule has 120 valence electrons. The number of carbonyl (C=O) groups is 1. The molecule has 1 aromatic carbocycles. The Bertz CT molecular complexity index is 823. The average Bonchev–Trinajstić information content (AvgIpc) is 3.20. The first-order valence-electron chi connectivity index (χ1n) is 7.15. The minimum Gasteiger partial charge on any atom is -0.497 e. The van der Waals surface area contributed by atoms with E-state index in [2.05, 4.69) is 5.32 Å². The van der Waals surface area contributed by atoms with Crippen molar-refractivity contribution in [2.75, 3.05) is 13.7 Å². The van der Waals surface area contributed by atoms with Crippen molar-refractivity contribution in [3.05, 3.63) is 51.9 Å². The van der Waals surface area contributed by atoms with Crippen molar-refractivity contribution in [1.29, 1.82) is 0 Å². The first-order valence-corrected chi connectivity index (χ1v) is 8.10. The van der Waals surface area contributed by atoms with Gasteiger partial charge in [0.25, 0.3) is 5.91 Å². The van der Waals surface area contributed by atoms with Gasteiger partial charge in [-0.15, -0.1) is 0 Å². The number of aliphatic hydroxyl groups is 1. The number of methoxy groups -OCH3 is 1. The normalized spacial score (nSPS) is 12.3. The summed E-state index contributed by atoms with van der Waals surface area (Å²) in [7, 11) is 1.59. The maximum atomic E-state index is 12.3. The molecule has 2 aromatic heterocycles. The lowest BCUT2D eigenvalue weighted by Gasteiger charge is -2.09. The fourth-order valence-corrected chi connectivity index (χ4v) is 3.10. The molecule has 0 saturated heterocycles. The van der Waals surface area contributed by atoms with Gasteiger partial charge in [0.05, 0.1) is 13.2 Å². The van der Waals surface area contributed by atoms with E-state index in [-0.39, 0.29) is 18.2 Å². The number of fused-ring (bicyclic) bond motifs is 1. The molecule has 1 amide bonds. The molecule has 0 radical (unpaired) electrons. The summed E-state index contributed by atoms with van der Waals surface area (Å²) in [5.74, 6) is 0.624. The third-order valence-electron chi connectivity index (χ3n) is 3.73. The van der Waals surface area contributed by atoms with Crippen molar-refractivity contribution >= 4 is 28.2 Å². The van der Waals surface area contributed by atoms with Gasteiger partial charge >= 0.3 is 0 Å². The summed E-state index contributed by atoms with van der Waals surface area (Å²) < 4.78 is 10.8. The van der Waals surface area contributed by atoms with Crippen LogP contribution in [-0.4, -0.2) is 24.7 Å². The van der Waals surface area contributed by atoms with Gasteiger partial charge in [0.2, 0.25) is 0 Å². The predicted octanol–water partition coefficient (Wildman–Crippen LogP) is 3.27. The molecule has 0 aliphatic heterocycles. The number of furan rings is 1. The van der Waals surface area contributed by atoms with E-state index >= 15 is 0 Å². The second-order valence-electron chi connectivity index (χ2n) is 5.20. The maximum absolute atomic E-state index is 12.3. The zero-order chi connectivity index (χ0) is 16.4. The Morgan fingerprint density at radius 2 is 2.26 bits per heavy atom. The van der Waals surface area contributed by atoms with E-state index in [1.807, 2.05) is 29.8 Å². The highest BCUT2D eigenvalue weighted by Gasteiger charge is 2.19. The number of amides is 1. The average molecular weight is 331 g/mol. The Kier molecular flexibility index (Phi) is 4.36. The summed E-state index contributed by atoms with van der Waals surface area (Å²) in [5.41, 5.74) is 2.18. The summed E-state index contributed by atoms with van der Waals surface area (Å²) in [6, 6.07) is 7.23. The maximum Gasteiger partial charge on any atom is 0.287 e. The molecule has 1 unspecified atom stereocenters. The zero-order valence-electron chi connectivity index (χ0n) is 12.8. The lowest BCUT2D eigenvalue weighted by Crippen LogP contribution is -2.28. The molecule has 6 heteroatoms. The number of nitrogens with one attached hydrogen (secondary N) is 1. The Morgan fingerprint density at radius 3 is 2.96 bits per heavy atom. The monoisotopic (exact) mass is 331 g/mol. The minimum atomic E-state index is -0.727. The number of hydrogen-bond acceptors (Lipinski definition) is 5. The van der Waals surface area contributed by atoms with Crippen LogP contribution in [0.5, 0.6) is 5.75 Å². The van der Waals surface area contributed by atoms with Gasteiger partial charge in [0.1, 0.15) is 11.3 Å². The number of aryl methyl sites for hydroxylation is 1. The molecule has 23 heavy (non-hydrogen) atoms. The molecule has 0 aliphatic carbocycles. The number of ether oxygens (including phenoxy) is 1. The second-order valence-corrected chi connectivity index (χ2v) is 5.98. The molecule has 2 N–H and O–H groups in total. The molecule has 2 heterocycles. The van der Waals surface area contributed by atoms with E-state index < -0.39 is 6.10 Å². The van der Waals surface area contributed by atoms with Crippen molar-refractivity contribution in [2.45, 2.75) is 13.0 Å². The minimum absolute atomic E-state index is 0.134. The summed E-state index contributed by atoms with van der Waals surface area (Å²) >= 11 is 1.50. The standard InChI is InChI=1S/C17H17NO4S/c1-10-13-7-12(21-2)3-4-15(13)22-16(10)17(20)18-8-14(19)11-5-6-23-9-11/h3-7,9,14,19H,8H2,1-2H3,(H,18,20). The van der Waals surface area contributed by atoms with Gasteiger partial charge in [-0.3, -0.25) is 4.79 Å². The van der Waals surface area contributed by atoms with E-state index in [1.54, 1.807) is 19.2 Å². The summed E-state index contributed by atoms with van der Waals surface area (Å²) in [6.07, 6.45) is -0.727. The fourth-order valence-electron chi connectivity index (χ4n) is 2.40. The second kappa shape index (κ2) is 6.44. The lowest BCUT2D eigenvalue weighted by molar-refractivity contribution is 0.0890. The topological polar surface area (TPSA) is 71.7 Å². The molecule has 0 fully saturated rings. The molecule has 0 aliphatic rings. The molecule has 0 bridgehead atoms. The van der Waals surface area contributed by atoms with Crippen LogP contribution in [0, 0.1) is 6.92 Å². The van der Waals surface area contributed by atoms with Crippen molar-refractivity contribution in [2.24, 2.45) is 0 Å². The predicted molar refractivity (Wildman–Crippen MR) is 89.1 cm³/mol. The summed E-state index contributed by atoms with van der Waals surface area (Å²) in [4.78, 5) is 12.3. The van der Waals surface area contributed by atoms with Crippen molar-refractivity contribution in [3.63, 3.8) is 0 Å². The molecule has 0 saturated carbocycles. The molecule has 5 nitrogen and oxygen atoms in total. The van der Waals surface area contributed by atoms with E-state index in [4.69, 9.17) is 9.15 Å². The zero-order valence-corrected chi connectivity index (χ0v) is 13.6. The third kappa shape index (κ3) is 3.09. The number of carbonyl (C=O) groups excluding carboxylic acids is 1. The fraction of sp³-hybridized carbons (Fsp3) is 0.235. The van der Waals surface area contributed by atoms with E-state index in [1.165, 1.54) is 11.3 Å². The van der Waals surface area contributed by atoms with Crippen LogP contribution >= 0.6 is 11.3 Å². The van der Waals surface area contributed by atoms with Gasteiger partial charge in [0, 0.05) is 17.5 Å². The Morgan fingerprint density at radius 1 is 1.43 bits per heavy atom. The molecular formula is C17H17NO4S. The smallest absolute Gasteiger partial charge is 0.287 e. The van der Waals surface area contributed by atoms with Crippen LogP contribution in [0.1, 0.15) is 27.8 Å². The number of thiophene rings is 1. The summed E-state index contributed by atoms with van der Waals surface area (Å²) in [6.45, 7) is 1.96. The Hall–Kier alpha value is -2.31. The van der Waals surface area contributed by atoms with Crippen LogP contribution in [-0.2, 0) is 0 Å².